The van der Waals surface area contributed by atoms with E-state index in [1.807, 2.05) is 0 Å². The van der Waals surface area contributed by atoms with E-state index in [1.165, 1.54) is 12.1 Å². The molecule has 1 N–H and O–H groups in total. The van der Waals surface area contributed by atoms with Gasteiger partial charge in [-0.2, -0.15) is 0 Å². The molecule has 0 atom stereocenters. The molecule has 0 bridgehead atoms. The number of fused-ring (bicyclic) bond motifs is 2. The smallest absolute Gasteiger partial charge is 0.259 e. The van der Waals surface area contributed by atoms with E-state index in [9.17, 15) is 9.46 Å². The van der Waals surface area contributed by atoms with Crippen molar-refractivity contribution in [2.75, 3.05) is 13.6 Å². The largest absolute Gasteiger partial charge is 0.454 e. The van der Waals surface area contributed by atoms with Crippen LogP contribution in [0.3, 0.4) is 0 Å². The van der Waals surface area contributed by atoms with Gasteiger partial charge in [0.1, 0.15) is 0 Å². The molecule has 0 aromatic heterocycles. The molecule has 0 saturated heterocycles. The molecule has 2 aliphatic heterocycles. The van der Waals surface area contributed by atoms with Crippen LogP contribution in [0.1, 0.15) is 0 Å². The van der Waals surface area contributed by atoms with Crippen molar-refractivity contribution < 1.29 is 28.4 Å². The summed E-state index contributed by atoms with van der Waals surface area (Å²) >= 11 is 0. The molecule has 7 heteroatoms. The van der Waals surface area contributed by atoms with Crippen LogP contribution in [-0.4, -0.2) is 18.5 Å². The van der Waals surface area contributed by atoms with Crippen LogP contribution in [0.4, 0.5) is 0 Å². The lowest BCUT2D eigenvalue weighted by Crippen LogP contribution is -2.15. The molecule has 108 valence electrons. The Morgan fingerprint density at radius 1 is 0.762 bits per heavy atom. The van der Waals surface area contributed by atoms with Crippen LogP contribution in [0.15, 0.2) is 36.4 Å². The van der Waals surface area contributed by atoms with Crippen LogP contribution < -0.4 is 29.6 Å². The van der Waals surface area contributed by atoms with E-state index in [-0.39, 0.29) is 24.2 Å². The van der Waals surface area contributed by atoms with Gasteiger partial charge in [0.05, 0.1) is 0 Å². The number of hydrogen-bond donors (Lipinski definition) is 1. The minimum Gasteiger partial charge on any atom is -0.454 e. The Balaban J connectivity index is 1.77. The summed E-state index contributed by atoms with van der Waals surface area (Å²) in [6, 6.07) is 9.47. The van der Waals surface area contributed by atoms with Gasteiger partial charge in [0.15, 0.2) is 23.0 Å². The lowest BCUT2D eigenvalue weighted by molar-refractivity contribution is 0.173. The van der Waals surface area contributed by atoms with Crippen LogP contribution >= 0.6 is 7.37 Å². The first kappa shape index (κ1) is 12.6. The molecule has 2 aliphatic rings. The van der Waals surface area contributed by atoms with Crippen molar-refractivity contribution >= 4 is 18.0 Å². The minimum absolute atomic E-state index is 0.124. The molecule has 0 unspecified atom stereocenters. The zero-order chi connectivity index (χ0) is 14.4. The highest BCUT2D eigenvalue weighted by molar-refractivity contribution is 7.73. The van der Waals surface area contributed by atoms with Gasteiger partial charge < -0.3 is 23.8 Å². The summed E-state index contributed by atoms with van der Waals surface area (Å²) in [4.78, 5) is 10.5. The predicted molar refractivity (Wildman–Crippen MR) is 74.2 cm³/mol. The van der Waals surface area contributed by atoms with E-state index < -0.39 is 7.37 Å². The summed E-state index contributed by atoms with van der Waals surface area (Å²) in [6.45, 7) is 0.247. The second-order valence-electron chi connectivity index (χ2n) is 4.65. The SMILES string of the molecule is O=P(O)(c1ccc2c(c1)OCO2)c1ccc2c(c1)OCO2. The molecule has 2 aromatic rings. The Hall–Kier alpha value is -2.17. The van der Waals surface area contributed by atoms with Crippen molar-refractivity contribution in [1.29, 1.82) is 0 Å². The standard InChI is InChI=1S/C14H11O6P/c15-21(16,9-1-3-11-13(5-9)19-7-17-11)10-2-4-12-14(6-10)20-8-18-12/h1-6H,7-8H2,(H,15,16). The summed E-state index contributed by atoms with van der Waals surface area (Å²) in [5.41, 5.74) is 0. The summed E-state index contributed by atoms with van der Waals surface area (Å²) < 4.78 is 33.7. The molecule has 0 aliphatic carbocycles. The van der Waals surface area contributed by atoms with Gasteiger partial charge in [0, 0.05) is 10.6 Å². The Bertz CT molecular complexity index is 711. The van der Waals surface area contributed by atoms with Gasteiger partial charge >= 0.3 is 0 Å². The molecule has 0 amide bonds. The zero-order valence-electron chi connectivity index (χ0n) is 10.8. The van der Waals surface area contributed by atoms with Crippen molar-refractivity contribution in [2.24, 2.45) is 0 Å². The van der Waals surface area contributed by atoms with Crippen LogP contribution in [0.5, 0.6) is 23.0 Å². The first-order chi connectivity index (χ1) is 10.1. The summed E-state index contributed by atoms with van der Waals surface area (Å²) in [6.07, 6.45) is 0. The third-order valence-electron chi connectivity index (χ3n) is 3.41. The van der Waals surface area contributed by atoms with Crippen LogP contribution in [0, 0.1) is 0 Å². The average Bonchev–Trinajstić information content (AvgIpc) is 3.14. The zero-order valence-corrected chi connectivity index (χ0v) is 11.7. The highest BCUT2D eigenvalue weighted by Crippen LogP contribution is 2.44. The Kier molecular flexibility index (Phi) is 2.64. The quantitative estimate of drug-likeness (QED) is 0.845. The molecule has 0 fully saturated rings. The molecule has 0 saturated carbocycles. The van der Waals surface area contributed by atoms with Crippen LogP contribution in [0.25, 0.3) is 0 Å². The molecule has 2 aromatic carbocycles. The first-order valence-electron chi connectivity index (χ1n) is 6.28. The number of ether oxygens (including phenoxy) is 4. The van der Waals surface area contributed by atoms with Crippen molar-refractivity contribution in [2.45, 2.75) is 0 Å². The molecule has 2 heterocycles. The van der Waals surface area contributed by atoms with Crippen LogP contribution in [-0.2, 0) is 4.57 Å². The fourth-order valence-corrected chi connectivity index (χ4v) is 3.73. The van der Waals surface area contributed by atoms with Crippen molar-refractivity contribution in [1.82, 2.24) is 0 Å². The third-order valence-corrected chi connectivity index (χ3v) is 5.37. The van der Waals surface area contributed by atoms with Gasteiger partial charge in [-0.15, -0.1) is 0 Å². The third kappa shape index (κ3) is 1.95. The van der Waals surface area contributed by atoms with Gasteiger partial charge in [0.2, 0.25) is 13.6 Å². The topological polar surface area (TPSA) is 74.2 Å². The van der Waals surface area contributed by atoms with E-state index in [1.54, 1.807) is 24.3 Å². The maximum Gasteiger partial charge on any atom is 0.259 e. The van der Waals surface area contributed by atoms with Crippen molar-refractivity contribution in [3.63, 3.8) is 0 Å². The van der Waals surface area contributed by atoms with E-state index in [0.29, 0.717) is 23.0 Å². The molecular weight excluding hydrogens is 295 g/mol. The van der Waals surface area contributed by atoms with Gasteiger partial charge in [-0.3, -0.25) is 4.57 Å². The normalized spacial score (nSPS) is 15.3. The first-order valence-corrected chi connectivity index (χ1v) is 7.94. The number of benzene rings is 2. The second-order valence-corrected chi connectivity index (χ2v) is 6.84. The molecular formula is C14H11O6P. The molecule has 4 rings (SSSR count). The van der Waals surface area contributed by atoms with Gasteiger partial charge in [-0.25, -0.2) is 0 Å². The maximum atomic E-state index is 12.8. The fourth-order valence-electron chi connectivity index (χ4n) is 2.30. The summed E-state index contributed by atoms with van der Waals surface area (Å²) in [5, 5.41) is 0.566. The Morgan fingerprint density at radius 2 is 1.19 bits per heavy atom. The number of rotatable bonds is 2. The summed E-state index contributed by atoms with van der Waals surface area (Å²) in [5.74, 6) is 2.10. The molecule has 6 nitrogen and oxygen atoms in total. The van der Waals surface area contributed by atoms with E-state index in [2.05, 4.69) is 0 Å². The lowest BCUT2D eigenvalue weighted by Gasteiger charge is -2.13. The highest BCUT2D eigenvalue weighted by Gasteiger charge is 2.29. The molecule has 0 spiro atoms. The average molecular weight is 306 g/mol. The molecule has 0 radical (unpaired) electrons. The van der Waals surface area contributed by atoms with E-state index in [4.69, 9.17) is 18.9 Å². The summed E-state index contributed by atoms with van der Waals surface area (Å²) in [7, 11) is -3.73. The Labute approximate surface area is 120 Å². The van der Waals surface area contributed by atoms with Crippen molar-refractivity contribution in [3.05, 3.63) is 36.4 Å². The molecule has 21 heavy (non-hydrogen) atoms. The number of hydrogen-bond acceptors (Lipinski definition) is 5. The minimum atomic E-state index is -3.73. The Morgan fingerprint density at radius 3 is 1.67 bits per heavy atom. The van der Waals surface area contributed by atoms with E-state index >= 15 is 0 Å². The van der Waals surface area contributed by atoms with Gasteiger partial charge in [-0.05, 0) is 36.4 Å². The highest BCUT2D eigenvalue weighted by atomic mass is 31.2. The van der Waals surface area contributed by atoms with Gasteiger partial charge in [0.25, 0.3) is 7.37 Å². The second kappa shape index (κ2) is 4.41. The van der Waals surface area contributed by atoms with E-state index in [0.717, 1.165) is 0 Å². The van der Waals surface area contributed by atoms with Crippen molar-refractivity contribution in [3.8, 4) is 23.0 Å². The lowest BCUT2D eigenvalue weighted by atomic mass is 10.3. The monoisotopic (exact) mass is 306 g/mol. The van der Waals surface area contributed by atoms with Gasteiger partial charge in [-0.1, -0.05) is 0 Å². The van der Waals surface area contributed by atoms with Crippen LogP contribution in [0.2, 0.25) is 0 Å². The predicted octanol–water partition coefficient (Wildman–Crippen LogP) is 1.37. The maximum absolute atomic E-state index is 12.8. The fraction of sp³-hybridized carbons (Fsp3) is 0.143.